The molecule has 1 aliphatic heterocycles. The van der Waals surface area contributed by atoms with Crippen LogP contribution in [0.3, 0.4) is 0 Å². The van der Waals surface area contributed by atoms with E-state index in [0.29, 0.717) is 12.2 Å². The van der Waals surface area contributed by atoms with Crippen LogP contribution < -0.4 is 5.32 Å². The highest BCUT2D eigenvalue weighted by Gasteiger charge is 2.39. The van der Waals surface area contributed by atoms with Crippen LogP contribution in [-0.4, -0.2) is 50.6 Å². The SMILES string of the molecule is C[C@H]1[C@@H](CN(C)[C@H](C)[C@@H](O)c2ccccc2)O[C@@H](c2ccc(NC(=O)C(Cl)(Cl)Cl)cc2)O[C@H]1c1ccc(CO)cc1. The summed E-state index contributed by atoms with van der Waals surface area (Å²) in [6.07, 6.45) is -1.89. The van der Waals surface area contributed by atoms with Gasteiger partial charge in [-0.15, -0.1) is 0 Å². The Kier molecular flexibility index (Phi) is 10.7. The zero-order valence-electron chi connectivity index (χ0n) is 23.1. The largest absolute Gasteiger partial charge is 0.392 e. The molecular formula is C31H35Cl3N2O5. The Morgan fingerprint density at radius 3 is 2.17 bits per heavy atom. The molecule has 0 radical (unpaired) electrons. The number of hydrogen-bond donors (Lipinski definition) is 3. The number of amides is 1. The first-order chi connectivity index (χ1) is 19.5. The highest BCUT2D eigenvalue weighted by atomic mass is 35.6. The van der Waals surface area contributed by atoms with E-state index in [1.807, 2.05) is 68.6 Å². The van der Waals surface area contributed by atoms with Crippen LogP contribution >= 0.6 is 34.8 Å². The van der Waals surface area contributed by atoms with E-state index in [9.17, 15) is 15.0 Å². The molecule has 7 nitrogen and oxygen atoms in total. The summed E-state index contributed by atoms with van der Waals surface area (Å²) in [7, 11) is 1.98. The van der Waals surface area contributed by atoms with Crippen LogP contribution in [0.5, 0.6) is 0 Å². The van der Waals surface area contributed by atoms with Gasteiger partial charge in [-0.3, -0.25) is 9.69 Å². The molecule has 0 bridgehead atoms. The third-order valence-corrected chi connectivity index (χ3v) is 8.10. The van der Waals surface area contributed by atoms with Crippen LogP contribution in [-0.2, 0) is 20.9 Å². The first-order valence-electron chi connectivity index (χ1n) is 13.4. The maximum atomic E-state index is 12.0. The fraction of sp³-hybridized carbons (Fsp3) is 0.387. The van der Waals surface area contributed by atoms with Crippen molar-refractivity contribution in [2.45, 2.75) is 54.9 Å². The minimum Gasteiger partial charge on any atom is -0.392 e. The van der Waals surface area contributed by atoms with Crippen molar-refractivity contribution in [3.8, 4) is 0 Å². The van der Waals surface area contributed by atoms with Crippen LogP contribution in [0.25, 0.3) is 0 Å². The number of rotatable bonds is 9. The quantitative estimate of drug-likeness (QED) is 0.242. The molecule has 6 atom stereocenters. The second-order valence-electron chi connectivity index (χ2n) is 10.4. The second-order valence-corrected chi connectivity index (χ2v) is 12.7. The number of hydrogen-bond acceptors (Lipinski definition) is 6. The number of carbonyl (C=O) groups is 1. The number of halogens is 3. The molecule has 41 heavy (non-hydrogen) atoms. The fourth-order valence-electron chi connectivity index (χ4n) is 4.87. The van der Waals surface area contributed by atoms with E-state index in [-0.39, 0.29) is 30.8 Å². The number of aliphatic hydroxyl groups excluding tert-OH is 2. The standard InChI is InChI=1S/C31H35Cl3N2O5/c1-19-26(17-36(3)20(2)27(38)22-7-5-4-6-8-22)40-29(41-28(19)23-11-9-21(18-37)10-12-23)24-13-15-25(16-14-24)35-30(39)31(32,33)34/h4-16,19-20,26-29,37-38H,17-18H2,1-3H3,(H,35,39)/t19-,20+,26+,27+,28+,29+/m0/s1. The molecule has 0 spiro atoms. The Bertz CT molecular complexity index is 1270. The average Bonchev–Trinajstić information content (AvgIpc) is 2.97. The monoisotopic (exact) mass is 620 g/mol. The molecule has 0 aromatic heterocycles. The van der Waals surface area contributed by atoms with Gasteiger partial charge in [-0.1, -0.05) is 108 Å². The molecule has 1 fully saturated rings. The minimum absolute atomic E-state index is 0.0300. The Balaban J connectivity index is 1.56. The summed E-state index contributed by atoms with van der Waals surface area (Å²) in [5.74, 6) is -0.784. The van der Waals surface area contributed by atoms with Crippen molar-refractivity contribution in [1.29, 1.82) is 0 Å². The number of benzene rings is 3. The second kappa shape index (κ2) is 13.8. The lowest BCUT2D eigenvalue weighted by molar-refractivity contribution is -0.276. The predicted octanol–water partition coefficient (Wildman–Crippen LogP) is 6.33. The Labute approximate surface area is 255 Å². The number of ether oxygens (including phenoxy) is 2. The zero-order chi connectivity index (χ0) is 29.7. The summed E-state index contributed by atoms with van der Waals surface area (Å²) in [6, 6.07) is 24.1. The van der Waals surface area contributed by atoms with Gasteiger partial charge in [0.25, 0.3) is 9.70 Å². The number of nitrogens with zero attached hydrogens (tertiary/aromatic N) is 1. The molecule has 1 heterocycles. The molecule has 3 N–H and O–H groups in total. The Morgan fingerprint density at radius 1 is 0.976 bits per heavy atom. The first-order valence-corrected chi connectivity index (χ1v) is 14.5. The van der Waals surface area contributed by atoms with Gasteiger partial charge in [-0.05, 0) is 42.8 Å². The van der Waals surface area contributed by atoms with Gasteiger partial charge in [-0.2, -0.15) is 0 Å². The lowest BCUT2D eigenvalue weighted by atomic mass is 9.89. The fourth-order valence-corrected chi connectivity index (χ4v) is 5.02. The van der Waals surface area contributed by atoms with Gasteiger partial charge in [0.2, 0.25) is 0 Å². The molecule has 3 aromatic carbocycles. The number of anilines is 1. The lowest BCUT2D eigenvalue weighted by Gasteiger charge is -2.43. The van der Waals surface area contributed by atoms with Crippen LogP contribution in [0.1, 0.15) is 54.6 Å². The molecule has 10 heteroatoms. The number of alkyl halides is 3. The van der Waals surface area contributed by atoms with Crippen molar-refractivity contribution in [3.63, 3.8) is 0 Å². The molecule has 1 aliphatic rings. The molecule has 1 amide bonds. The topological polar surface area (TPSA) is 91.3 Å². The van der Waals surface area contributed by atoms with E-state index in [4.69, 9.17) is 44.3 Å². The number of aliphatic hydroxyl groups is 2. The number of nitrogens with one attached hydrogen (secondary N) is 1. The van der Waals surface area contributed by atoms with Crippen molar-refractivity contribution in [2.24, 2.45) is 5.92 Å². The van der Waals surface area contributed by atoms with Gasteiger partial charge < -0.3 is 25.0 Å². The van der Waals surface area contributed by atoms with Crippen LogP contribution in [0, 0.1) is 5.92 Å². The average molecular weight is 622 g/mol. The zero-order valence-corrected chi connectivity index (χ0v) is 25.4. The lowest BCUT2D eigenvalue weighted by Crippen LogP contribution is -2.46. The van der Waals surface area contributed by atoms with E-state index >= 15 is 0 Å². The van der Waals surface area contributed by atoms with Crippen LogP contribution in [0.4, 0.5) is 5.69 Å². The highest BCUT2D eigenvalue weighted by Crippen LogP contribution is 2.42. The van der Waals surface area contributed by atoms with Gasteiger partial charge in [-0.25, -0.2) is 0 Å². The minimum atomic E-state index is -2.08. The summed E-state index contributed by atoms with van der Waals surface area (Å²) < 4.78 is 11.0. The Hall–Kier alpha value is -2.20. The maximum Gasteiger partial charge on any atom is 0.276 e. The van der Waals surface area contributed by atoms with E-state index in [1.54, 1.807) is 24.3 Å². The van der Waals surface area contributed by atoms with Crippen molar-refractivity contribution in [1.82, 2.24) is 4.90 Å². The third-order valence-electron chi connectivity index (χ3n) is 7.58. The third kappa shape index (κ3) is 8.00. The molecule has 0 unspecified atom stereocenters. The summed E-state index contributed by atoms with van der Waals surface area (Å²) in [6.45, 7) is 4.60. The van der Waals surface area contributed by atoms with E-state index < -0.39 is 22.1 Å². The molecular weight excluding hydrogens is 587 g/mol. The number of likely N-dealkylation sites (N-methyl/N-ethyl adjacent to an activating group) is 1. The Morgan fingerprint density at radius 2 is 1.59 bits per heavy atom. The van der Waals surface area contributed by atoms with Crippen molar-refractivity contribution >= 4 is 46.4 Å². The smallest absolute Gasteiger partial charge is 0.276 e. The van der Waals surface area contributed by atoms with Crippen LogP contribution in [0.2, 0.25) is 0 Å². The summed E-state index contributed by atoms with van der Waals surface area (Å²) >= 11 is 17.0. The van der Waals surface area contributed by atoms with E-state index in [1.165, 1.54) is 0 Å². The summed E-state index contributed by atoms with van der Waals surface area (Å²) in [4.78, 5) is 14.1. The molecule has 0 aliphatic carbocycles. The van der Waals surface area contributed by atoms with Crippen molar-refractivity contribution in [2.75, 3.05) is 18.9 Å². The molecule has 1 saturated heterocycles. The van der Waals surface area contributed by atoms with Gasteiger partial charge >= 0.3 is 0 Å². The van der Waals surface area contributed by atoms with Gasteiger partial charge in [0.15, 0.2) is 6.29 Å². The summed E-state index contributed by atoms with van der Waals surface area (Å²) in [5.41, 5.74) is 3.86. The van der Waals surface area contributed by atoms with Crippen LogP contribution in [0.15, 0.2) is 78.9 Å². The molecule has 0 saturated carbocycles. The maximum absolute atomic E-state index is 12.0. The van der Waals surface area contributed by atoms with E-state index in [0.717, 1.165) is 22.3 Å². The van der Waals surface area contributed by atoms with Gasteiger partial charge in [0, 0.05) is 29.8 Å². The van der Waals surface area contributed by atoms with E-state index in [2.05, 4.69) is 17.1 Å². The molecule has 3 aromatic rings. The summed E-state index contributed by atoms with van der Waals surface area (Å²) in [5, 5.41) is 23.1. The van der Waals surface area contributed by atoms with Crippen molar-refractivity contribution < 1.29 is 24.5 Å². The van der Waals surface area contributed by atoms with Crippen molar-refractivity contribution in [3.05, 3.63) is 101 Å². The number of carbonyl (C=O) groups excluding carboxylic acids is 1. The predicted molar refractivity (Wildman–Crippen MR) is 162 cm³/mol. The normalized spacial score (nSPS) is 22.8. The highest BCUT2D eigenvalue weighted by molar-refractivity contribution is 6.76. The first kappa shape index (κ1) is 31.7. The molecule has 220 valence electrons. The van der Waals surface area contributed by atoms with Gasteiger partial charge in [0.05, 0.1) is 24.9 Å². The van der Waals surface area contributed by atoms with Gasteiger partial charge in [0.1, 0.15) is 0 Å². The molecule has 4 rings (SSSR count).